The SMILES string of the molecule is CCc1cc(Oc2c(Cl)cncc2Cl)ccc1CC1SC(=O)NC1=O. The highest BCUT2D eigenvalue weighted by molar-refractivity contribution is 8.15. The molecule has 0 bridgehead atoms. The molecule has 3 rings (SSSR count). The number of carbonyl (C=O) groups is 2. The molecule has 1 aliphatic rings. The first-order valence-electron chi connectivity index (χ1n) is 7.58. The summed E-state index contributed by atoms with van der Waals surface area (Å²) >= 11 is 13.2. The summed E-state index contributed by atoms with van der Waals surface area (Å²) in [6, 6.07) is 5.58. The molecular weight excluding hydrogens is 383 g/mol. The number of rotatable bonds is 5. The fourth-order valence-electron chi connectivity index (χ4n) is 2.54. The first-order chi connectivity index (χ1) is 12.0. The highest BCUT2D eigenvalue weighted by atomic mass is 35.5. The third kappa shape index (κ3) is 4.08. The van der Waals surface area contributed by atoms with Gasteiger partial charge in [-0.3, -0.25) is 19.9 Å². The molecule has 25 heavy (non-hydrogen) atoms. The van der Waals surface area contributed by atoms with Gasteiger partial charge in [0, 0.05) is 12.4 Å². The minimum atomic E-state index is -0.395. The van der Waals surface area contributed by atoms with E-state index < -0.39 is 5.25 Å². The molecule has 2 amide bonds. The van der Waals surface area contributed by atoms with E-state index in [0.717, 1.165) is 29.3 Å². The number of hydrogen-bond donors (Lipinski definition) is 1. The van der Waals surface area contributed by atoms with Crippen LogP contribution in [0.25, 0.3) is 0 Å². The molecular formula is C17H14Cl2N2O3S. The second-order valence-corrected chi connectivity index (χ2v) is 7.40. The molecule has 1 fully saturated rings. The Hall–Kier alpha value is -1.76. The highest BCUT2D eigenvalue weighted by Crippen LogP contribution is 2.36. The van der Waals surface area contributed by atoms with Crippen molar-refractivity contribution in [1.29, 1.82) is 0 Å². The van der Waals surface area contributed by atoms with Crippen molar-refractivity contribution in [2.24, 2.45) is 0 Å². The highest BCUT2D eigenvalue weighted by Gasteiger charge is 2.31. The third-order valence-electron chi connectivity index (χ3n) is 3.76. The van der Waals surface area contributed by atoms with Crippen LogP contribution in [-0.2, 0) is 17.6 Å². The van der Waals surface area contributed by atoms with E-state index in [1.54, 1.807) is 6.07 Å². The summed E-state index contributed by atoms with van der Waals surface area (Å²) in [6.45, 7) is 2.02. The normalized spacial score (nSPS) is 16.8. The van der Waals surface area contributed by atoms with Gasteiger partial charge in [0.25, 0.3) is 5.24 Å². The molecule has 5 nitrogen and oxygen atoms in total. The Bertz CT molecular complexity index is 824. The lowest BCUT2D eigenvalue weighted by atomic mass is 10.00. The zero-order valence-electron chi connectivity index (χ0n) is 13.2. The van der Waals surface area contributed by atoms with Crippen molar-refractivity contribution >= 4 is 46.1 Å². The van der Waals surface area contributed by atoms with Gasteiger partial charge in [-0.1, -0.05) is 48.0 Å². The molecule has 8 heteroatoms. The van der Waals surface area contributed by atoms with Gasteiger partial charge < -0.3 is 4.74 Å². The Balaban J connectivity index is 1.82. The smallest absolute Gasteiger partial charge is 0.286 e. The fourth-order valence-corrected chi connectivity index (χ4v) is 3.82. The number of imide groups is 1. The average Bonchev–Trinajstić information content (AvgIpc) is 2.89. The van der Waals surface area contributed by atoms with E-state index in [0.29, 0.717) is 28.0 Å². The van der Waals surface area contributed by atoms with Crippen molar-refractivity contribution in [3.05, 3.63) is 51.8 Å². The summed E-state index contributed by atoms with van der Waals surface area (Å²) in [4.78, 5) is 27.0. The summed E-state index contributed by atoms with van der Waals surface area (Å²) < 4.78 is 5.80. The molecule has 0 aliphatic carbocycles. The van der Waals surface area contributed by atoms with Crippen molar-refractivity contribution in [1.82, 2.24) is 10.3 Å². The Morgan fingerprint density at radius 2 is 1.92 bits per heavy atom. The molecule has 130 valence electrons. The first-order valence-corrected chi connectivity index (χ1v) is 9.21. The van der Waals surface area contributed by atoms with E-state index in [1.165, 1.54) is 12.4 Å². The maximum Gasteiger partial charge on any atom is 0.286 e. The van der Waals surface area contributed by atoms with Crippen LogP contribution in [0.5, 0.6) is 11.5 Å². The van der Waals surface area contributed by atoms with Crippen LogP contribution in [-0.4, -0.2) is 21.4 Å². The van der Waals surface area contributed by atoms with Gasteiger partial charge in [0.05, 0.1) is 5.25 Å². The predicted molar refractivity (Wildman–Crippen MR) is 98.8 cm³/mol. The quantitative estimate of drug-likeness (QED) is 0.796. The van der Waals surface area contributed by atoms with E-state index in [9.17, 15) is 9.59 Å². The number of halogens is 2. The average molecular weight is 397 g/mol. The predicted octanol–water partition coefficient (Wildman–Crippen LogP) is 4.64. The Kier molecular flexibility index (Phi) is 5.51. The molecule has 1 saturated heterocycles. The second kappa shape index (κ2) is 7.64. The summed E-state index contributed by atoms with van der Waals surface area (Å²) in [5.74, 6) is 0.701. The first kappa shape index (κ1) is 18.0. The van der Waals surface area contributed by atoms with E-state index in [4.69, 9.17) is 27.9 Å². The minimum Gasteiger partial charge on any atom is -0.454 e. The largest absolute Gasteiger partial charge is 0.454 e. The molecule has 2 heterocycles. The maximum atomic E-state index is 11.8. The third-order valence-corrected chi connectivity index (χ3v) is 5.28. The number of benzene rings is 1. The van der Waals surface area contributed by atoms with Crippen molar-refractivity contribution in [3.8, 4) is 11.5 Å². The van der Waals surface area contributed by atoms with E-state index in [2.05, 4.69) is 10.3 Å². The van der Waals surface area contributed by atoms with E-state index >= 15 is 0 Å². The monoisotopic (exact) mass is 396 g/mol. The number of amides is 2. The van der Waals surface area contributed by atoms with Crippen LogP contribution in [0, 0.1) is 0 Å². The van der Waals surface area contributed by atoms with Crippen molar-refractivity contribution < 1.29 is 14.3 Å². The van der Waals surface area contributed by atoms with Gasteiger partial charge in [-0.05, 0) is 36.1 Å². The van der Waals surface area contributed by atoms with Gasteiger partial charge in [-0.2, -0.15) is 0 Å². The summed E-state index contributed by atoms with van der Waals surface area (Å²) in [5.41, 5.74) is 2.04. The lowest BCUT2D eigenvalue weighted by Crippen LogP contribution is -2.25. The molecule has 0 spiro atoms. The zero-order valence-corrected chi connectivity index (χ0v) is 15.5. The minimum absolute atomic E-state index is 0.243. The number of aryl methyl sites for hydroxylation is 1. The van der Waals surface area contributed by atoms with Gasteiger partial charge in [0.2, 0.25) is 5.91 Å². The topological polar surface area (TPSA) is 68.3 Å². The number of thioether (sulfide) groups is 1. The van der Waals surface area contributed by atoms with Crippen LogP contribution < -0.4 is 10.1 Å². The number of aromatic nitrogens is 1. The molecule has 0 radical (unpaired) electrons. The number of pyridine rings is 1. The van der Waals surface area contributed by atoms with Crippen LogP contribution in [0.2, 0.25) is 10.0 Å². The Morgan fingerprint density at radius 1 is 1.20 bits per heavy atom. The van der Waals surface area contributed by atoms with Crippen LogP contribution in [0.15, 0.2) is 30.6 Å². The molecule has 1 aromatic carbocycles. The van der Waals surface area contributed by atoms with Crippen molar-refractivity contribution in [2.45, 2.75) is 25.0 Å². The molecule has 0 saturated carbocycles. The molecule has 1 aliphatic heterocycles. The van der Waals surface area contributed by atoms with Gasteiger partial charge in [0.15, 0.2) is 5.75 Å². The second-order valence-electron chi connectivity index (χ2n) is 5.41. The summed E-state index contributed by atoms with van der Waals surface area (Å²) in [6.07, 6.45) is 4.18. The van der Waals surface area contributed by atoms with Crippen LogP contribution >= 0.6 is 35.0 Å². The number of hydrogen-bond acceptors (Lipinski definition) is 5. The van der Waals surface area contributed by atoms with E-state index in [-0.39, 0.29) is 11.1 Å². The lowest BCUT2D eigenvalue weighted by molar-refractivity contribution is -0.118. The van der Waals surface area contributed by atoms with Gasteiger partial charge in [-0.25, -0.2) is 0 Å². The lowest BCUT2D eigenvalue weighted by Gasteiger charge is -2.14. The van der Waals surface area contributed by atoms with Crippen LogP contribution in [0.1, 0.15) is 18.1 Å². The molecule has 1 atom stereocenters. The van der Waals surface area contributed by atoms with Crippen LogP contribution in [0.4, 0.5) is 4.79 Å². The maximum absolute atomic E-state index is 11.8. The molecule has 1 unspecified atom stereocenters. The van der Waals surface area contributed by atoms with Crippen molar-refractivity contribution in [3.63, 3.8) is 0 Å². The Morgan fingerprint density at radius 3 is 2.52 bits per heavy atom. The standard InChI is InChI=1S/C17H14Cl2N2O3S/c1-2-9-5-11(24-15-12(18)7-20-8-13(15)19)4-3-10(9)6-14-16(22)21-17(23)25-14/h3-5,7-8,14H,2,6H2,1H3,(H,21,22,23). The van der Waals surface area contributed by atoms with Gasteiger partial charge in [0.1, 0.15) is 15.8 Å². The molecule has 1 aromatic heterocycles. The number of carbonyl (C=O) groups excluding carboxylic acids is 2. The number of nitrogens with zero attached hydrogens (tertiary/aromatic N) is 1. The van der Waals surface area contributed by atoms with Crippen molar-refractivity contribution in [2.75, 3.05) is 0 Å². The Labute approximate surface area is 159 Å². The number of nitrogens with one attached hydrogen (secondary N) is 1. The van der Waals surface area contributed by atoms with Crippen LogP contribution in [0.3, 0.4) is 0 Å². The zero-order chi connectivity index (χ0) is 18.0. The summed E-state index contributed by atoms with van der Waals surface area (Å²) in [5, 5.41) is 2.27. The molecule has 2 aromatic rings. The number of ether oxygens (including phenoxy) is 1. The fraction of sp³-hybridized carbons (Fsp3) is 0.235. The van der Waals surface area contributed by atoms with E-state index in [1.807, 2.05) is 19.1 Å². The molecule has 1 N–H and O–H groups in total. The van der Waals surface area contributed by atoms with Gasteiger partial charge >= 0.3 is 0 Å². The van der Waals surface area contributed by atoms with Gasteiger partial charge in [-0.15, -0.1) is 0 Å². The summed E-state index contributed by atoms with van der Waals surface area (Å²) in [7, 11) is 0.